The first-order chi connectivity index (χ1) is 8.42. The maximum atomic E-state index is 13.6. The molecule has 96 valence electrons. The third-order valence-electron chi connectivity index (χ3n) is 2.06. The normalized spacial score (nSPS) is 11.4. The summed E-state index contributed by atoms with van der Waals surface area (Å²) in [5.41, 5.74) is 4.21. The van der Waals surface area contributed by atoms with Crippen LogP contribution in [0, 0.1) is 11.6 Å². The number of benzene rings is 1. The summed E-state index contributed by atoms with van der Waals surface area (Å²) < 4.78 is 56.4. The maximum Gasteiger partial charge on any atom is 0.266 e. The molecule has 0 bridgehead atoms. The molecule has 0 saturated carbocycles. The van der Waals surface area contributed by atoms with E-state index in [2.05, 4.69) is 9.68 Å². The van der Waals surface area contributed by atoms with Crippen LogP contribution in [0.3, 0.4) is 0 Å². The number of nitrogens with one attached hydrogen (secondary N) is 1. The number of nitrogen functional groups attached to an aromatic ring is 1. The van der Waals surface area contributed by atoms with Crippen molar-refractivity contribution in [3.05, 3.63) is 36.1 Å². The van der Waals surface area contributed by atoms with E-state index in [1.54, 1.807) is 0 Å². The minimum atomic E-state index is -4.25. The number of halogens is 2. The second kappa shape index (κ2) is 4.26. The number of hydrogen-bond donors (Lipinski definition) is 2. The van der Waals surface area contributed by atoms with E-state index in [-0.39, 0.29) is 5.82 Å². The summed E-state index contributed by atoms with van der Waals surface area (Å²) in [5.74, 6) is -2.52. The highest BCUT2D eigenvalue weighted by Crippen LogP contribution is 2.24. The van der Waals surface area contributed by atoms with Gasteiger partial charge in [0.1, 0.15) is 22.7 Å². The SMILES string of the molecule is Nc1c(F)ccc(S(=O)(=O)Nc2ccon2)c1F. The lowest BCUT2D eigenvalue weighted by molar-refractivity contribution is 0.423. The predicted molar refractivity (Wildman–Crippen MR) is 58.1 cm³/mol. The molecule has 6 nitrogen and oxygen atoms in total. The average molecular weight is 275 g/mol. The summed E-state index contributed by atoms with van der Waals surface area (Å²) in [6, 6.07) is 2.75. The van der Waals surface area contributed by atoms with Crippen LogP contribution in [-0.2, 0) is 10.0 Å². The Bertz CT molecular complexity index is 671. The molecule has 2 aromatic rings. The van der Waals surface area contributed by atoms with Crippen LogP contribution in [0.4, 0.5) is 20.3 Å². The minimum Gasteiger partial charge on any atom is -0.394 e. The summed E-state index contributed by atoms with van der Waals surface area (Å²) in [6.07, 6.45) is 1.13. The summed E-state index contributed by atoms with van der Waals surface area (Å²) in [7, 11) is -4.25. The molecule has 0 unspecified atom stereocenters. The van der Waals surface area contributed by atoms with Crippen molar-refractivity contribution in [2.75, 3.05) is 10.5 Å². The molecule has 9 heteroatoms. The Kier molecular flexibility index (Phi) is 2.91. The summed E-state index contributed by atoms with van der Waals surface area (Å²) in [6.45, 7) is 0. The van der Waals surface area contributed by atoms with Gasteiger partial charge in [0.15, 0.2) is 11.6 Å². The molecule has 18 heavy (non-hydrogen) atoms. The third-order valence-corrected chi connectivity index (χ3v) is 3.43. The number of rotatable bonds is 3. The molecule has 1 aromatic carbocycles. The van der Waals surface area contributed by atoms with Crippen molar-refractivity contribution in [1.82, 2.24) is 5.16 Å². The summed E-state index contributed by atoms with van der Waals surface area (Å²) in [4.78, 5) is -0.774. The zero-order chi connectivity index (χ0) is 13.3. The highest BCUT2D eigenvalue weighted by molar-refractivity contribution is 7.92. The van der Waals surface area contributed by atoms with Gasteiger partial charge < -0.3 is 10.3 Å². The Balaban J connectivity index is 2.45. The van der Waals surface area contributed by atoms with Gasteiger partial charge in [-0.2, -0.15) is 0 Å². The Morgan fingerprint density at radius 1 is 1.28 bits per heavy atom. The third kappa shape index (κ3) is 2.12. The van der Waals surface area contributed by atoms with Gasteiger partial charge in [0, 0.05) is 6.07 Å². The molecule has 1 heterocycles. The van der Waals surface area contributed by atoms with Gasteiger partial charge in [-0.05, 0) is 12.1 Å². The first kappa shape index (κ1) is 12.3. The van der Waals surface area contributed by atoms with Crippen LogP contribution in [0.1, 0.15) is 0 Å². The van der Waals surface area contributed by atoms with Crippen LogP contribution < -0.4 is 10.5 Å². The van der Waals surface area contributed by atoms with Crippen LogP contribution >= 0.6 is 0 Å². The molecule has 0 aliphatic carbocycles. The van der Waals surface area contributed by atoms with Gasteiger partial charge in [0.05, 0.1) is 0 Å². The molecule has 0 fully saturated rings. The first-order valence-electron chi connectivity index (χ1n) is 4.58. The zero-order valence-corrected chi connectivity index (χ0v) is 9.54. The predicted octanol–water partition coefficient (Wildman–Crippen LogP) is 1.34. The van der Waals surface area contributed by atoms with E-state index in [4.69, 9.17) is 5.73 Å². The molecule has 0 saturated heterocycles. The van der Waals surface area contributed by atoms with E-state index in [9.17, 15) is 17.2 Å². The lowest BCUT2D eigenvalue weighted by atomic mass is 10.3. The Morgan fingerprint density at radius 2 is 2.00 bits per heavy atom. The van der Waals surface area contributed by atoms with Crippen molar-refractivity contribution in [1.29, 1.82) is 0 Å². The molecular formula is C9H7F2N3O3S. The first-order valence-corrected chi connectivity index (χ1v) is 6.07. The van der Waals surface area contributed by atoms with Crippen LogP contribution in [0.25, 0.3) is 0 Å². The van der Waals surface area contributed by atoms with Gasteiger partial charge in [0.2, 0.25) is 0 Å². The summed E-state index contributed by atoms with van der Waals surface area (Å²) >= 11 is 0. The number of hydrogen-bond acceptors (Lipinski definition) is 5. The highest BCUT2D eigenvalue weighted by atomic mass is 32.2. The van der Waals surface area contributed by atoms with Gasteiger partial charge in [-0.1, -0.05) is 5.16 Å². The fourth-order valence-electron chi connectivity index (χ4n) is 1.21. The fourth-order valence-corrected chi connectivity index (χ4v) is 2.30. The van der Waals surface area contributed by atoms with Gasteiger partial charge in [0.25, 0.3) is 10.0 Å². The Hall–Kier alpha value is -2.16. The molecule has 3 N–H and O–H groups in total. The molecule has 0 spiro atoms. The van der Waals surface area contributed by atoms with E-state index in [1.807, 2.05) is 4.72 Å². The van der Waals surface area contributed by atoms with Crippen molar-refractivity contribution in [3.63, 3.8) is 0 Å². The van der Waals surface area contributed by atoms with Crippen molar-refractivity contribution in [2.24, 2.45) is 0 Å². The van der Waals surface area contributed by atoms with E-state index < -0.39 is 32.2 Å². The van der Waals surface area contributed by atoms with E-state index in [0.717, 1.165) is 18.4 Å². The number of nitrogens with two attached hydrogens (primary N) is 1. The second-order valence-electron chi connectivity index (χ2n) is 3.26. The smallest absolute Gasteiger partial charge is 0.266 e. The molecule has 0 aliphatic heterocycles. The molecule has 0 atom stereocenters. The van der Waals surface area contributed by atoms with Gasteiger partial charge in [-0.3, -0.25) is 4.72 Å². The summed E-state index contributed by atoms with van der Waals surface area (Å²) in [5, 5.41) is 3.30. The number of nitrogens with zero attached hydrogens (tertiary/aromatic N) is 1. The fraction of sp³-hybridized carbons (Fsp3) is 0. The lowest BCUT2D eigenvalue weighted by Crippen LogP contribution is -2.16. The molecule has 0 radical (unpaired) electrons. The van der Waals surface area contributed by atoms with E-state index in [1.165, 1.54) is 6.07 Å². The highest BCUT2D eigenvalue weighted by Gasteiger charge is 2.23. The average Bonchev–Trinajstić information content (AvgIpc) is 2.77. The second-order valence-corrected chi connectivity index (χ2v) is 4.91. The van der Waals surface area contributed by atoms with Crippen molar-refractivity contribution in [2.45, 2.75) is 4.90 Å². The van der Waals surface area contributed by atoms with Gasteiger partial charge in [-0.15, -0.1) is 0 Å². The number of anilines is 2. The van der Waals surface area contributed by atoms with Crippen LogP contribution in [0.15, 0.2) is 33.9 Å². The Morgan fingerprint density at radius 3 is 2.61 bits per heavy atom. The molecule has 1 aromatic heterocycles. The zero-order valence-electron chi connectivity index (χ0n) is 8.72. The van der Waals surface area contributed by atoms with Gasteiger partial charge in [-0.25, -0.2) is 17.2 Å². The molecule has 2 rings (SSSR count). The van der Waals surface area contributed by atoms with Crippen molar-refractivity contribution in [3.8, 4) is 0 Å². The molecule has 0 aliphatic rings. The molecule has 0 amide bonds. The number of sulfonamides is 1. The van der Waals surface area contributed by atoms with Gasteiger partial charge >= 0.3 is 0 Å². The monoisotopic (exact) mass is 275 g/mol. The topological polar surface area (TPSA) is 98.2 Å². The lowest BCUT2D eigenvalue weighted by Gasteiger charge is -2.07. The van der Waals surface area contributed by atoms with Crippen molar-refractivity contribution < 1.29 is 21.7 Å². The quantitative estimate of drug-likeness (QED) is 0.823. The maximum absolute atomic E-state index is 13.6. The molecular weight excluding hydrogens is 268 g/mol. The Labute approximate surface area is 100 Å². The largest absolute Gasteiger partial charge is 0.394 e. The van der Waals surface area contributed by atoms with Crippen LogP contribution in [-0.4, -0.2) is 13.6 Å². The van der Waals surface area contributed by atoms with E-state index >= 15 is 0 Å². The number of aromatic nitrogens is 1. The van der Waals surface area contributed by atoms with Crippen LogP contribution in [0.5, 0.6) is 0 Å². The van der Waals surface area contributed by atoms with E-state index in [0.29, 0.717) is 0 Å². The minimum absolute atomic E-state index is 0.128. The van der Waals surface area contributed by atoms with Crippen LogP contribution in [0.2, 0.25) is 0 Å². The standard InChI is InChI=1S/C9H7F2N3O3S/c10-5-1-2-6(8(11)9(5)12)18(15,16)14-7-3-4-17-13-7/h1-4H,12H2,(H,13,14). The van der Waals surface area contributed by atoms with Crippen molar-refractivity contribution >= 4 is 21.5 Å².